The van der Waals surface area contributed by atoms with Crippen LogP contribution in [-0.2, 0) is 24.0 Å². The number of guanidine groups is 1. The molecule has 2 aliphatic heterocycles. The molecule has 36 heavy (non-hydrogen) atoms. The highest BCUT2D eigenvalue weighted by atomic mass is 16.3. The van der Waals surface area contributed by atoms with Gasteiger partial charge in [0, 0.05) is 25.7 Å². The van der Waals surface area contributed by atoms with Crippen LogP contribution >= 0.6 is 0 Å². The molecular formula is C18H31N11O7. The summed E-state index contributed by atoms with van der Waals surface area (Å²) < 4.78 is 0. The number of amides is 5. The van der Waals surface area contributed by atoms with Gasteiger partial charge in [0.1, 0.15) is 36.1 Å². The van der Waals surface area contributed by atoms with Crippen LogP contribution in [0.4, 0.5) is 0 Å². The van der Waals surface area contributed by atoms with E-state index < -0.39 is 91.4 Å². The number of hydrogen-bond donors (Lipinski definition) is 13. The zero-order chi connectivity index (χ0) is 27.0. The first kappa shape index (κ1) is 28.2. The highest BCUT2D eigenvalue weighted by Gasteiger charge is 2.37. The molecule has 2 rings (SSSR count). The van der Waals surface area contributed by atoms with Crippen LogP contribution in [0, 0.1) is 5.41 Å². The highest BCUT2D eigenvalue weighted by molar-refractivity contribution is 6.02. The summed E-state index contributed by atoms with van der Waals surface area (Å²) in [7, 11) is 0. The maximum atomic E-state index is 13.0. The number of rotatable bonds is 3. The average molecular weight is 514 g/mol. The second kappa shape index (κ2) is 12.6. The monoisotopic (exact) mass is 513 g/mol. The summed E-state index contributed by atoms with van der Waals surface area (Å²) >= 11 is 0. The Kier molecular flexibility index (Phi) is 9.91. The van der Waals surface area contributed by atoms with Crippen molar-refractivity contribution in [2.75, 3.05) is 19.7 Å². The molecule has 0 saturated carbocycles. The Bertz CT molecular complexity index is 927. The molecule has 200 valence electrons. The first-order valence-electron chi connectivity index (χ1n) is 10.8. The molecule has 0 aromatic heterocycles. The fraction of sp³-hybridized carbons (Fsp3) is 0.556. The summed E-state index contributed by atoms with van der Waals surface area (Å²) in [6, 6.07) is -6.70. The van der Waals surface area contributed by atoms with Crippen LogP contribution in [0.5, 0.6) is 0 Å². The lowest BCUT2D eigenvalue weighted by atomic mass is 10.0. The van der Waals surface area contributed by atoms with Crippen molar-refractivity contribution in [2.45, 2.75) is 42.9 Å². The van der Waals surface area contributed by atoms with Crippen LogP contribution in [0.25, 0.3) is 0 Å². The third kappa shape index (κ3) is 7.25. The molecule has 2 aliphatic rings. The fourth-order valence-corrected chi connectivity index (χ4v) is 3.32. The molecule has 18 nitrogen and oxygen atoms in total. The molecule has 0 aromatic carbocycles. The van der Waals surface area contributed by atoms with Gasteiger partial charge >= 0.3 is 0 Å². The Morgan fingerprint density at radius 1 is 0.944 bits per heavy atom. The predicted octanol–water partition coefficient (Wildman–Crippen LogP) is -8.03. The van der Waals surface area contributed by atoms with Crippen molar-refractivity contribution in [2.24, 2.45) is 17.2 Å². The molecule has 18 heteroatoms. The second-order valence-electron chi connectivity index (χ2n) is 7.93. The van der Waals surface area contributed by atoms with Gasteiger partial charge in [-0.1, -0.05) is 0 Å². The van der Waals surface area contributed by atoms with E-state index in [2.05, 4.69) is 37.2 Å². The van der Waals surface area contributed by atoms with E-state index in [1.165, 1.54) is 0 Å². The second-order valence-corrected chi connectivity index (χ2v) is 7.93. The molecule has 5 amide bonds. The summed E-state index contributed by atoms with van der Waals surface area (Å²) in [6.45, 7) is -1.71. The molecule has 0 spiro atoms. The van der Waals surface area contributed by atoms with Crippen LogP contribution in [-0.4, -0.2) is 102 Å². The van der Waals surface area contributed by atoms with E-state index in [0.29, 0.717) is 0 Å². The molecule has 1 unspecified atom stereocenters. The van der Waals surface area contributed by atoms with Crippen LogP contribution in [0.3, 0.4) is 0 Å². The largest absolute Gasteiger partial charge is 0.403 e. The highest BCUT2D eigenvalue weighted by Crippen LogP contribution is 2.08. The molecule has 6 atom stereocenters. The summed E-state index contributed by atoms with van der Waals surface area (Å²) in [5.41, 5.74) is 16.3. The fourth-order valence-electron chi connectivity index (χ4n) is 3.32. The number of carbonyl (C=O) groups is 5. The quantitative estimate of drug-likeness (QED) is 0.156. The van der Waals surface area contributed by atoms with Gasteiger partial charge in [-0.05, 0) is 0 Å². The van der Waals surface area contributed by atoms with Crippen LogP contribution in [0.2, 0.25) is 0 Å². The van der Waals surface area contributed by atoms with E-state index in [1.54, 1.807) is 0 Å². The Labute approximate surface area is 204 Å². The lowest BCUT2D eigenvalue weighted by Gasteiger charge is -2.35. The van der Waals surface area contributed by atoms with Gasteiger partial charge in [0.2, 0.25) is 23.6 Å². The number of nitrogens with two attached hydrogens (primary N) is 3. The molecule has 0 bridgehead atoms. The van der Waals surface area contributed by atoms with E-state index in [0.717, 1.165) is 6.20 Å². The van der Waals surface area contributed by atoms with Crippen LogP contribution in [0.15, 0.2) is 11.9 Å². The minimum absolute atomic E-state index is 0.124. The minimum Gasteiger partial charge on any atom is -0.403 e. The average Bonchev–Trinajstić information content (AvgIpc) is 2.83. The zero-order valence-electron chi connectivity index (χ0n) is 19.0. The first-order chi connectivity index (χ1) is 17.0. The van der Waals surface area contributed by atoms with Gasteiger partial charge in [0.25, 0.3) is 5.91 Å². The third-order valence-electron chi connectivity index (χ3n) is 5.28. The molecular weight excluding hydrogens is 482 g/mol. The SMILES string of the molecule is N=C1NC([C@@H]2NC(=O)/C(=C/N)NC(=O)[C@H](CN)NC(=O)[C@H](CO)NC(=O)[C@@H](N)CNC2=O)C[C@@H](O)N1. The van der Waals surface area contributed by atoms with E-state index in [4.69, 9.17) is 22.6 Å². The zero-order valence-corrected chi connectivity index (χ0v) is 19.0. The van der Waals surface area contributed by atoms with Gasteiger partial charge in [0.05, 0.1) is 12.6 Å². The Morgan fingerprint density at radius 3 is 2.19 bits per heavy atom. The van der Waals surface area contributed by atoms with Crippen LogP contribution < -0.4 is 54.4 Å². The summed E-state index contributed by atoms with van der Waals surface area (Å²) in [5.74, 6) is -5.00. The summed E-state index contributed by atoms with van der Waals surface area (Å²) in [5, 5.41) is 43.5. The van der Waals surface area contributed by atoms with Gasteiger partial charge in [-0.2, -0.15) is 0 Å². The molecule has 0 radical (unpaired) electrons. The van der Waals surface area contributed by atoms with Gasteiger partial charge in [-0.25, -0.2) is 0 Å². The van der Waals surface area contributed by atoms with Crippen molar-refractivity contribution in [3.05, 3.63) is 11.9 Å². The summed E-state index contributed by atoms with van der Waals surface area (Å²) in [4.78, 5) is 63.3. The van der Waals surface area contributed by atoms with E-state index in [-0.39, 0.29) is 12.4 Å². The van der Waals surface area contributed by atoms with Crippen molar-refractivity contribution >= 4 is 35.5 Å². The Morgan fingerprint density at radius 2 is 1.61 bits per heavy atom. The number of aliphatic hydroxyl groups excluding tert-OH is 2. The number of aliphatic hydroxyl groups is 2. The number of carbonyl (C=O) groups excluding carboxylic acids is 5. The first-order valence-corrected chi connectivity index (χ1v) is 10.8. The van der Waals surface area contributed by atoms with E-state index in [9.17, 15) is 34.2 Å². The lowest BCUT2D eigenvalue weighted by molar-refractivity contribution is -0.133. The molecule has 16 N–H and O–H groups in total. The smallest absolute Gasteiger partial charge is 0.270 e. The van der Waals surface area contributed by atoms with E-state index >= 15 is 0 Å². The summed E-state index contributed by atoms with van der Waals surface area (Å²) in [6.07, 6.45) is -0.587. The standard InChI is InChI=1S/C18H31N11O7/c19-2-8-14(33)24-9(3-20)15(34)29-12(7-1-11(31)28-18(22)27-7)17(36)23-4-6(21)13(32)26-10(5-30)16(35)25-8/h3,6-8,10-12,30-31H,1-2,4-5,19-21H2,(H,23,36)(H,24,33)(H,25,35)(H,26,32)(H,29,34)(H3,22,27,28)/b9-3-/t6-,7?,8-,10-,11+,12-/m0/s1. The maximum absolute atomic E-state index is 13.0. The van der Waals surface area contributed by atoms with Crippen molar-refractivity contribution in [3.8, 4) is 0 Å². The predicted molar refractivity (Wildman–Crippen MR) is 122 cm³/mol. The van der Waals surface area contributed by atoms with Crippen LogP contribution in [0.1, 0.15) is 6.42 Å². The van der Waals surface area contributed by atoms with Crippen molar-refractivity contribution < 1.29 is 34.2 Å². The van der Waals surface area contributed by atoms with Gasteiger partial charge < -0.3 is 64.6 Å². The van der Waals surface area contributed by atoms with Crippen molar-refractivity contribution in [1.29, 1.82) is 5.41 Å². The van der Waals surface area contributed by atoms with Gasteiger partial charge in [0.15, 0.2) is 5.96 Å². The molecule has 2 saturated heterocycles. The number of nitrogens with one attached hydrogen (secondary N) is 8. The third-order valence-corrected chi connectivity index (χ3v) is 5.28. The molecule has 0 aromatic rings. The van der Waals surface area contributed by atoms with Gasteiger partial charge in [-0.15, -0.1) is 0 Å². The van der Waals surface area contributed by atoms with Crippen molar-refractivity contribution in [3.63, 3.8) is 0 Å². The number of hydrogen-bond acceptors (Lipinski definition) is 11. The van der Waals surface area contributed by atoms with Gasteiger partial charge in [-0.3, -0.25) is 29.4 Å². The lowest BCUT2D eigenvalue weighted by Crippen LogP contribution is -2.66. The van der Waals surface area contributed by atoms with E-state index in [1.807, 2.05) is 0 Å². The topological polar surface area (TPSA) is 312 Å². The maximum Gasteiger partial charge on any atom is 0.270 e. The normalized spacial score (nSPS) is 32.3. The minimum atomic E-state index is -1.50. The Balaban J connectivity index is 2.39. The molecule has 2 fully saturated rings. The Hall–Kier alpha value is -4.00. The molecule has 2 heterocycles. The molecule has 0 aliphatic carbocycles. The van der Waals surface area contributed by atoms with Crippen molar-refractivity contribution in [1.82, 2.24) is 37.2 Å².